The quantitative estimate of drug-likeness (QED) is 0.275. The number of hydrogen-bond donors (Lipinski definition) is 3. The van der Waals surface area contributed by atoms with Gasteiger partial charge in [0, 0.05) is 11.3 Å². The van der Waals surface area contributed by atoms with E-state index in [1.165, 1.54) is 5.56 Å². The summed E-state index contributed by atoms with van der Waals surface area (Å²) < 4.78 is 6.32. The molecule has 180 valence electrons. The number of ether oxygens (including phenoxy) is 1. The van der Waals surface area contributed by atoms with Crippen LogP contribution in [0.3, 0.4) is 0 Å². The van der Waals surface area contributed by atoms with Crippen molar-refractivity contribution >= 4 is 23.7 Å². The van der Waals surface area contributed by atoms with E-state index in [0.29, 0.717) is 24.2 Å². The topological polar surface area (TPSA) is 79.5 Å². The Morgan fingerprint density at radius 1 is 0.939 bits per heavy atom. The Morgan fingerprint density at radius 2 is 1.55 bits per heavy atom. The van der Waals surface area contributed by atoms with Gasteiger partial charge in [-0.05, 0) is 66.0 Å². The lowest BCUT2D eigenvalue weighted by Crippen LogP contribution is -2.33. The van der Waals surface area contributed by atoms with E-state index >= 15 is 0 Å². The molecule has 0 heterocycles. The number of nitrogens with one attached hydrogen (secondary N) is 3. The summed E-state index contributed by atoms with van der Waals surface area (Å²) in [7, 11) is 0. The summed E-state index contributed by atoms with van der Waals surface area (Å²) in [5.74, 6) is 0.571. The van der Waals surface area contributed by atoms with Crippen LogP contribution in [0.1, 0.15) is 78.9 Å². The lowest BCUT2D eigenvalue weighted by Gasteiger charge is -2.31. The van der Waals surface area contributed by atoms with Crippen LogP contribution >= 0.6 is 0 Å². The zero-order chi connectivity index (χ0) is 24.6. The Hall–Kier alpha value is -3.02. The molecular weight excluding hydrogens is 414 g/mol. The number of rotatable bonds is 12. The second kappa shape index (κ2) is 11.2. The van der Waals surface area contributed by atoms with E-state index in [-0.39, 0.29) is 16.7 Å². The number of carbonyl (C=O) groups excluding carboxylic acids is 2. The summed E-state index contributed by atoms with van der Waals surface area (Å²) in [6, 6.07) is 13.5. The molecule has 2 aromatic rings. The molecular formula is C27H39N3O3. The third kappa shape index (κ3) is 6.73. The van der Waals surface area contributed by atoms with Crippen LogP contribution < -0.4 is 20.9 Å². The highest BCUT2D eigenvalue weighted by atomic mass is 16.5. The van der Waals surface area contributed by atoms with Crippen molar-refractivity contribution in [1.29, 1.82) is 0 Å². The fraction of sp³-hybridized carbons (Fsp3) is 0.481. The number of hydrazine groups is 1. The van der Waals surface area contributed by atoms with E-state index in [4.69, 9.17) is 4.74 Å². The zero-order valence-electron chi connectivity index (χ0n) is 21.0. The van der Waals surface area contributed by atoms with Crippen molar-refractivity contribution in [1.82, 2.24) is 5.43 Å². The maximum atomic E-state index is 13.0. The van der Waals surface area contributed by atoms with Gasteiger partial charge in [-0.25, -0.2) is 0 Å². The van der Waals surface area contributed by atoms with Crippen molar-refractivity contribution in [3.63, 3.8) is 0 Å². The summed E-state index contributed by atoms with van der Waals surface area (Å²) in [5, 5.41) is 2.93. The third-order valence-corrected chi connectivity index (χ3v) is 6.62. The Kier molecular flexibility index (Phi) is 8.91. The lowest BCUT2D eigenvalue weighted by atomic mass is 9.76. The molecule has 1 atom stereocenters. The van der Waals surface area contributed by atoms with Gasteiger partial charge in [-0.1, -0.05) is 60.6 Å². The third-order valence-electron chi connectivity index (χ3n) is 6.62. The molecule has 0 saturated carbocycles. The van der Waals surface area contributed by atoms with Crippen LogP contribution in [0.2, 0.25) is 0 Å². The molecule has 33 heavy (non-hydrogen) atoms. The molecule has 0 aliphatic carbocycles. The average Bonchev–Trinajstić information content (AvgIpc) is 2.81. The van der Waals surface area contributed by atoms with Gasteiger partial charge in [0.2, 0.25) is 6.41 Å². The minimum atomic E-state index is -0.615. The molecule has 3 N–H and O–H groups in total. The Morgan fingerprint density at radius 3 is 2.09 bits per heavy atom. The van der Waals surface area contributed by atoms with Crippen LogP contribution in [-0.2, 0) is 20.4 Å². The van der Waals surface area contributed by atoms with Crippen molar-refractivity contribution < 1.29 is 14.3 Å². The molecule has 0 bridgehead atoms. The summed E-state index contributed by atoms with van der Waals surface area (Å²) in [6.07, 6.45) is 2.49. The first kappa shape index (κ1) is 26.2. The van der Waals surface area contributed by atoms with E-state index in [0.717, 1.165) is 24.2 Å². The number of benzene rings is 2. The molecule has 0 aromatic heterocycles. The highest BCUT2D eigenvalue weighted by molar-refractivity contribution is 5.94. The highest BCUT2D eigenvalue weighted by Crippen LogP contribution is 2.39. The van der Waals surface area contributed by atoms with E-state index in [9.17, 15) is 9.59 Å². The van der Waals surface area contributed by atoms with Gasteiger partial charge in [-0.3, -0.25) is 20.4 Å². The molecule has 0 aliphatic rings. The van der Waals surface area contributed by atoms with Crippen molar-refractivity contribution in [2.75, 3.05) is 10.7 Å². The van der Waals surface area contributed by atoms with Crippen LogP contribution in [0.25, 0.3) is 0 Å². The Bertz CT molecular complexity index is 936. The van der Waals surface area contributed by atoms with Crippen molar-refractivity contribution in [2.24, 2.45) is 0 Å². The van der Waals surface area contributed by atoms with Crippen LogP contribution in [0, 0.1) is 0 Å². The fourth-order valence-corrected chi connectivity index (χ4v) is 3.43. The number of carbonyl (C=O) groups is 2. The Balaban J connectivity index is 2.25. The molecule has 2 rings (SSSR count). The predicted octanol–water partition coefficient (Wildman–Crippen LogP) is 5.93. The maximum absolute atomic E-state index is 13.0. The first-order chi connectivity index (χ1) is 15.6. The molecule has 0 spiro atoms. The maximum Gasteiger partial charge on any atom is 0.265 e. The smallest absolute Gasteiger partial charge is 0.265 e. The first-order valence-corrected chi connectivity index (χ1v) is 11.8. The summed E-state index contributed by atoms with van der Waals surface area (Å²) in [6.45, 7) is 15.3. The molecule has 0 saturated heterocycles. The molecule has 6 nitrogen and oxygen atoms in total. The zero-order valence-corrected chi connectivity index (χ0v) is 21.0. The molecule has 2 amide bonds. The van der Waals surface area contributed by atoms with Gasteiger partial charge in [0.25, 0.3) is 5.91 Å². The number of hydrogen-bond acceptors (Lipinski definition) is 4. The van der Waals surface area contributed by atoms with E-state index in [2.05, 4.69) is 69.8 Å². The van der Waals surface area contributed by atoms with Gasteiger partial charge in [0.05, 0.1) is 5.69 Å². The molecule has 6 heteroatoms. The minimum absolute atomic E-state index is 0.0703. The number of anilines is 2. The van der Waals surface area contributed by atoms with E-state index < -0.39 is 6.10 Å². The standard InChI is InChI=1S/C27H39N3O3/c1-8-23(25(32)29-20-12-14-21(15-13-20)30-28-18-31)33-24-16-11-19(26(4,5)9-2)17-22(24)27(6,7)10-3/h11-18,23,30H,8-10H2,1-7H3,(H,28,31)(H,29,32). The van der Waals surface area contributed by atoms with Gasteiger partial charge < -0.3 is 10.1 Å². The van der Waals surface area contributed by atoms with Crippen molar-refractivity contribution in [3.05, 3.63) is 53.6 Å². The minimum Gasteiger partial charge on any atom is -0.480 e. The van der Waals surface area contributed by atoms with E-state index in [1.807, 2.05) is 13.0 Å². The van der Waals surface area contributed by atoms with Crippen LogP contribution in [0.15, 0.2) is 42.5 Å². The van der Waals surface area contributed by atoms with Gasteiger partial charge in [-0.2, -0.15) is 0 Å². The van der Waals surface area contributed by atoms with Crippen LogP contribution in [0.5, 0.6) is 5.75 Å². The van der Waals surface area contributed by atoms with Crippen molar-refractivity contribution in [2.45, 2.75) is 84.7 Å². The van der Waals surface area contributed by atoms with Gasteiger partial charge in [0.1, 0.15) is 5.75 Å². The molecule has 1 unspecified atom stereocenters. The molecule has 2 aromatic carbocycles. The van der Waals surface area contributed by atoms with Gasteiger partial charge in [-0.15, -0.1) is 0 Å². The van der Waals surface area contributed by atoms with Crippen LogP contribution in [-0.4, -0.2) is 18.4 Å². The van der Waals surface area contributed by atoms with Crippen LogP contribution in [0.4, 0.5) is 11.4 Å². The SMILES string of the molecule is CCC(Oc1ccc(C(C)(C)CC)cc1C(C)(C)CC)C(=O)Nc1ccc(NNC=O)cc1. The summed E-state index contributed by atoms with van der Waals surface area (Å²) >= 11 is 0. The number of amides is 2. The van der Waals surface area contributed by atoms with Gasteiger partial charge >= 0.3 is 0 Å². The largest absolute Gasteiger partial charge is 0.480 e. The van der Waals surface area contributed by atoms with Gasteiger partial charge in [0.15, 0.2) is 6.10 Å². The second-order valence-corrected chi connectivity index (χ2v) is 9.65. The molecule has 0 fully saturated rings. The highest BCUT2D eigenvalue weighted by Gasteiger charge is 2.28. The first-order valence-electron chi connectivity index (χ1n) is 11.8. The Labute approximate surface area is 198 Å². The summed E-state index contributed by atoms with van der Waals surface area (Å²) in [5.41, 5.74) is 8.89. The normalized spacial score (nSPS) is 12.6. The molecule has 0 radical (unpaired) electrons. The van der Waals surface area contributed by atoms with Crippen molar-refractivity contribution in [3.8, 4) is 5.75 Å². The lowest BCUT2D eigenvalue weighted by molar-refractivity contribution is -0.122. The summed E-state index contributed by atoms with van der Waals surface area (Å²) in [4.78, 5) is 23.4. The monoisotopic (exact) mass is 453 g/mol. The fourth-order valence-electron chi connectivity index (χ4n) is 3.43. The molecule has 0 aliphatic heterocycles. The average molecular weight is 454 g/mol. The second-order valence-electron chi connectivity index (χ2n) is 9.65. The predicted molar refractivity (Wildman–Crippen MR) is 136 cm³/mol. The van der Waals surface area contributed by atoms with E-state index in [1.54, 1.807) is 24.3 Å².